The molecule has 4 heteroatoms. The molecule has 0 aliphatic carbocycles. The summed E-state index contributed by atoms with van der Waals surface area (Å²) in [6.45, 7) is 2.33. The highest BCUT2D eigenvalue weighted by molar-refractivity contribution is 5.48. The van der Waals surface area contributed by atoms with Crippen molar-refractivity contribution in [3.05, 3.63) is 23.3 Å². The summed E-state index contributed by atoms with van der Waals surface area (Å²) in [7, 11) is 3.53. The van der Waals surface area contributed by atoms with Gasteiger partial charge in [0.15, 0.2) is 11.5 Å². The van der Waals surface area contributed by atoms with Crippen molar-refractivity contribution in [3.8, 4) is 11.5 Å². The predicted octanol–water partition coefficient (Wildman–Crippen LogP) is 1.59. The van der Waals surface area contributed by atoms with Gasteiger partial charge in [-0.3, -0.25) is 5.32 Å². The predicted molar refractivity (Wildman–Crippen MR) is 56.1 cm³/mol. The van der Waals surface area contributed by atoms with Crippen LogP contribution >= 0.6 is 0 Å². The number of methoxy groups -OCH3 is 1. The zero-order valence-electron chi connectivity index (χ0n) is 9.16. The van der Waals surface area contributed by atoms with E-state index in [4.69, 9.17) is 14.2 Å². The fourth-order valence-corrected chi connectivity index (χ4v) is 1.74. The van der Waals surface area contributed by atoms with Crippen molar-refractivity contribution in [2.45, 2.75) is 13.2 Å². The van der Waals surface area contributed by atoms with Gasteiger partial charge in [-0.1, -0.05) is 0 Å². The molecule has 1 aliphatic heterocycles. The van der Waals surface area contributed by atoms with Crippen molar-refractivity contribution in [2.75, 3.05) is 21.0 Å². The molecule has 0 saturated carbocycles. The number of aryl methyl sites for hydroxylation is 1. The number of fused-ring (bicyclic) bond motifs is 1. The molecule has 15 heavy (non-hydrogen) atoms. The molecular weight excluding hydrogens is 194 g/mol. The van der Waals surface area contributed by atoms with E-state index in [1.165, 1.54) is 0 Å². The van der Waals surface area contributed by atoms with Gasteiger partial charge in [-0.25, -0.2) is 0 Å². The molecule has 4 nitrogen and oxygen atoms in total. The van der Waals surface area contributed by atoms with Crippen LogP contribution in [0.1, 0.15) is 17.4 Å². The minimum absolute atomic E-state index is 0.112. The molecular formula is C11H15NO3. The molecule has 1 atom stereocenters. The monoisotopic (exact) mass is 209 g/mol. The molecule has 1 aromatic rings. The molecule has 1 aromatic carbocycles. The van der Waals surface area contributed by atoms with Gasteiger partial charge in [-0.2, -0.15) is 0 Å². The first-order valence-electron chi connectivity index (χ1n) is 4.86. The first-order valence-corrected chi connectivity index (χ1v) is 4.86. The number of ether oxygens (including phenoxy) is 3. The molecule has 1 N–H and O–H groups in total. The molecule has 0 amide bonds. The summed E-state index contributed by atoms with van der Waals surface area (Å²) in [4.78, 5) is 0. The molecule has 1 unspecified atom stereocenters. The van der Waals surface area contributed by atoms with E-state index in [2.05, 4.69) is 5.32 Å². The lowest BCUT2D eigenvalue weighted by atomic mass is 10.1. The van der Waals surface area contributed by atoms with Gasteiger partial charge in [0.1, 0.15) is 6.23 Å². The molecule has 0 aromatic heterocycles. The summed E-state index contributed by atoms with van der Waals surface area (Å²) in [5.41, 5.74) is 2.20. The fraction of sp³-hybridized carbons (Fsp3) is 0.455. The summed E-state index contributed by atoms with van der Waals surface area (Å²) < 4.78 is 15.9. The molecule has 0 spiro atoms. The quantitative estimate of drug-likeness (QED) is 0.767. The van der Waals surface area contributed by atoms with Gasteiger partial charge in [0.2, 0.25) is 6.79 Å². The Morgan fingerprint density at radius 3 is 2.60 bits per heavy atom. The second-order valence-corrected chi connectivity index (χ2v) is 3.47. The van der Waals surface area contributed by atoms with Gasteiger partial charge in [0, 0.05) is 12.7 Å². The third-order valence-electron chi connectivity index (χ3n) is 2.54. The van der Waals surface area contributed by atoms with Gasteiger partial charge in [-0.05, 0) is 31.7 Å². The van der Waals surface area contributed by atoms with Crippen LogP contribution in [0.3, 0.4) is 0 Å². The largest absolute Gasteiger partial charge is 0.454 e. The maximum Gasteiger partial charge on any atom is 0.231 e. The molecule has 2 rings (SSSR count). The van der Waals surface area contributed by atoms with E-state index < -0.39 is 0 Å². The Morgan fingerprint density at radius 2 is 2.00 bits per heavy atom. The lowest BCUT2D eigenvalue weighted by Gasteiger charge is -2.17. The van der Waals surface area contributed by atoms with Crippen LogP contribution < -0.4 is 14.8 Å². The summed E-state index contributed by atoms with van der Waals surface area (Å²) in [6, 6.07) is 3.93. The van der Waals surface area contributed by atoms with Crippen LogP contribution in [0.2, 0.25) is 0 Å². The Bertz CT molecular complexity index is 361. The fourth-order valence-electron chi connectivity index (χ4n) is 1.74. The number of hydrogen-bond acceptors (Lipinski definition) is 4. The number of benzene rings is 1. The molecule has 0 fully saturated rings. The summed E-state index contributed by atoms with van der Waals surface area (Å²) in [6.07, 6.45) is -0.112. The normalized spacial score (nSPS) is 15.4. The van der Waals surface area contributed by atoms with E-state index in [-0.39, 0.29) is 6.23 Å². The topological polar surface area (TPSA) is 39.7 Å². The SMILES string of the molecule is CNC(OC)c1cc2c(cc1C)OCO2. The van der Waals surface area contributed by atoms with Gasteiger partial charge in [-0.15, -0.1) is 0 Å². The number of nitrogens with one attached hydrogen (secondary N) is 1. The summed E-state index contributed by atoms with van der Waals surface area (Å²) >= 11 is 0. The van der Waals surface area contributed by atoms with E-state index in [0.717, 1.165) is 22.6 Å². The van der Waals surface area contributed by atoms with Gasteiger partial charge < -0.3 is 14.2 Å². The van der Waals surface area contributed by atoms with Crippen LogP contribution in [0, 0.1) is 6.92 Å². The van der Waals surface area contributed by atoms with Crippen LogP contribution in [0.4, 0.5) is 0 Å². The maximum absolute atomic E-state index is 5.33. The second kappa shape index (κ2) is 4.08. The Hall–Kier alpha value is -1.26. The highest BCUT2D eigenvalue weighted by atomic mass is 16.7. The zero-order chi connectivity index (χ0) is 10.8. The van der Waals surface area contributed by atoms with Gasteiger partial charge >= 0.3 is 0 Å². The third kappa shape index (κ3) is 1.78. The maximum atomic E-state index is 5.33. The van der Waals surface area contributed by atoms with Crippen molar-refractivity contribution in [3.63, 3.8) is 0 Å². The molecule has 1 heterocycles. The average Bonchev–Trinajstić information content (AvgIpc) is 2.67. The number of hydrogen-bond donors (Lipinski definition) is 1. The van der Waals surface area contributed by atoms with Gasteiger partial charge in [0.05, 0.1) is 0 Å². The van der Waals surface area contributed by atoms with Gasteiger partial charge in [0.25, 0.3) is 0 Å². The molecule has 0 bridgehead atoms. The van der Waals surface area contributed by atoms with Crippen LogP contribution in [0.25, 0.3) is 0 Å². The minimum Gasteiger partial charge on any atom is -0.454 e. The van der Waals surface area contributed by atoms with E-state index in [0.29, 0.717) is 6.79 Å². The highest BCUT2D eigenvalue weighted by Crippen LogP contribution is 2.36. The zero-order valence-corrected chi connectivity index (χ0v) is 9.16. The van der Waals surface area contributed by atoms with E-state index in [9.17, 15) is 0 Å². The van der Waals surface area contributed by atoms with Crippen LogP contribution in [-0.4, -0.2) is 21.0 Å². The van der Waals surface area contributed by atoms with Crippen molar-refractivity contribution in [2.24, 2.45) is 0 Å². The number of rotatable bonds is 3. The Balaban J connectivity index is 2.39. The summed E-state index contributed by atoms with van der Waals surface area (Å²) in [5.74, 6) is 1.59. The lowest BCUT2D eigenvalue weighted by Crippen LogP contribution is -2.18. The van der Waals surface area contributed by atoms with Crippen LogP contribution in [0.5, 0.6) is 11.5 Å². The van der Waals surface area contributed by atoms with E-state index in [1.807, 2.05) is 26.1 Å². The lowest BCUT2D eigenvalue weighted by molar-refractivity contribution is 0.0802. The van der Waals surface area contributed by atoms with Crippen molar-refractivity contribution >= 4 is 0 Å². The van der Waals surface area contributed by atoms with Crippen molar-refractivity contribution < 1.29 is 14.2 Å². The Kier molecular flexibility index (Phi) is 2.79. The van der Waals surface area contributed by atoms with E-state index in [1.54, 1.807) is 7.11 Å². The van der Waals surface area contributed by atoms with Crippen LogP contribution in [0.15, 0.2) is 12.1 Å². The molecule has 1 aliphatic rings. The average molecular weight is 209 g/mol. The smallest absolute Gasteiger partial charge is 0.231 e. The van der Waals surface area contributed by atoms with Crippen LogP contribution in [-0.2, 0) is 4.74 Å². The molecule has 82 valence electrons. The molecule has 0 radical (unpaired) electrons. The Morgan fingerprint density at radius 1 is 1.33 bits per heavy atom. The molecule has 0 saturated heterocycles. The van der Waals surface area contributed by atoms with E-state index >= 15 is 0 Å². The minimum atomic E-state index is -0.112. The van der Waals surface area contributed by atoms with Crippen molar-refractivity contribution in [1.82, 2.24) is 5.32 Å². The standard InChI is InChI=1S/C11H15NO3/c1-7-4-9-10(15-6-14-9)5-8(7)11(12-2)13-3/h4-5,11-12H,6H2,1-3H3. The van der Waals surface area contributed by atoms with Crippen molar-refractivity contribution in [1.29, 1.82) is 0 Å². The third-order valence-corrected chi connectivity index (χ3v) is 2.54. The summed E-state index contributed by atoms with van der Waals surface area (Å²) in [5, 5.41) is 3.08. The second-order valence-electron chi connectivity index (χ2n) is 3.47. The first kappa shape index (κ1) is 10.3. The highest BCUT2D eigenvalue weighted by Gasteiger charge is 2.19. The Labute approximate surface area is 89.1 Å². The first-order chi connectivity index (χ1) is 7.26.